The summed E-state index contributed by atoms with van der Waals surface area (Å²) in [5, 5.41) is 11.8. The minimum Gasteiger partial charge on any atom is -0.311 e. The van der Waals surface area contributed by atoms with E-state index in [-0.39, 0.29) is 0 Å². The van der Waals surface area contributed by atoms with Crippen molar-refractivity contribution in [3.8, 4) is 0 Å². The third-order valence-electron chi connectivity index (χ3n) is 3.91. The van der Waals surface area contributed by atoms with E-state index in [0.717, 1.165) is 44.3 Å². The lowest BCUT2D eigenvalue weighted by Crippen LogP contribution is -2.32. The molecule has 0 amide bonds. The lowest BCUT2D eigenvalue weighted by molar-refractivity contribution is 0.234. The number of nitrogens with zero attached hydrogens (tertiary/aromatic N) is 4. The van der Waals surface area contributed by atoms with Crippen molar-refractivity contribution in [2.75, 3.05) is 19.6 Å². The standard InChI is InChI=1S/C14H27N5/c1-3-7-15-11-13-12-19(17-16-13)10-9-18-8-5-6-14(18)4-2/h12,14-15H,3-11H2,1-2H3. The lowest BCUT2D eigenvalue weighted by Gasteiger charge is -2.22. The van der Waals surface area contributed by atoms with Crippen molar-refractivity contribution < 1.29 is 0 Å². The molecule has 0 radical (unpaired) electrons. The minimum absolute atomic E-state index is 0.786. The van der Waals surface area contributed by atoms with Crippen LogP contribution in [0.5, 0.6) is 0 Å². The van der Waals surface area contributed by atoms with Crippen molar-refractivity contribution in [3.63, 3.8) is 0 Å². The molecule has 0 bridgehead atoms. The van der Waals surface area contributed by atoms with Gasteiger partial charge in [0.2, 0.25) is 0 Å². The number of rotatable bonds is 8. The molecule has 0 aromatic carbocycles. The summed E-state index contributed by atoms with van der Waals surface area (Å²) in [4.78, 5) is 2.59. The van der Waals surface area contributed by atoms with Gasteiger partial charge in [-0.2, -0.15) is 0 Å². The van der Waals surface area contributed by atoms with Gasteiger partial charge in [-0.05, 0) is 38.8 Å². The topological polar surface area (TPSA) is 46.0 Å². The van der Waals surface area contributed by atoms with Crippen LogP contribution in [0.25, 0.3) is 0 Å². The third kappa shape index (κ3) is 4.28. The molecule has 5 heteroatoms. The second-order valence-corrected chi connectivity index (χ2v) is 5.39. The zero-order valence-electron chi connectivity index (χ0n) is 12.3. The van der Waals surface area contributed by atoms with Crippen molar-refractivity contribution in [1.82, 2.24) is 25.2 Å². The van der Waals surface area contributed by atoms with Gasteiger partial charge in [-0.3, -0.25) is 9.58 Å². The van der Waals surface area contributed by atoms with Gasteiger partial charge in [0.15, 0.2) is 0 Å². The molecule has 1 aliphatic rings. The monoisotopic (exact) mass is 265 g/mol. The first-order chi connectivity index (χ1) is 9.33. The Morgan fingerprint density at radius 2 is 2.26 bits per heavy atom. The Kier molecular flexibility index (Phi) is 5.79. The van der Waals surface area contributed by atoms with Gasteiger partial charge in [-0.15, -0.1) is 5.10 Å². The zero-order valence-corrected chi connectivity index (χ0v) is 12.3. The van der Waals surface area contributed by atoms with Gasteiger partial charge in [0.1, 0.15) is 0 Å². The van der Waals surface area contributed by atoms with Crippen molar-refractivity contribution in [1.29, 1.82) is 0 Å². The molecule has 2 heterocycles. The van der Waals surface area contributed by atoms with Gasteiger partial charge in [-0.1, -0.05) is 19.1 Å². The molecule has 2 rings (SSSR count). The molecule has 1 saturated heterocycles. The molecule has 1 unspecified atom stereocenters. The molecule has 108 valence electrons. The summed E-state index contributed by atoms with van der Waals surface area (Å²) in [7, 11) is 0. The average molecular weight is 265 g/mol. The second-order valence-electron chi connectivity index (χ2n) is 5.39. The van der Waals surface area contributed by atoms with E-state index in [1.165, 1.54) is 25.8 Å². The van der Waals surface area contributed by atoms with Crippen molar-refractivity contribution in [3.05, 3.63) is 11.9 Å². The lowest BCUT2D eigenvalue weighted by atomic mass is 10.2. The maximum atomic E-state index is 4.21. The molecule has 1 aromatic rings. The molecule has 1 aliphatic heterocycles. The van der Waals surface area contributed by atoms with E-state index < -0.39 is 0 Å². The van der Waals surface area contributed by atoms with Crippen molar-refractivity contribution in [2.45, 2.75) is 58.7 Å². The molecule has 1 aromatic heterocycles. The Morgan fingerprint density at radius 3 is 3.05 bits per heavy atom. The molecule has 0 saturated carbocycles. The van der Waals surface area contributed by atoms with E-state index >= 15 is 0 Å². The molecule has 1 fully saturated rings. The number of hydrogen-bond donors (Lipinski definition) is 1. The highest BCUT2D eigenvalue weighted by Gasteiger charge is 2.22. The number of likely N-dealkylation sites (tertiary alicyclic amines) is 1. The first-order valence-corrected chi connectivity index (χ1v) is 7.67. The van der Waals surface area contributed by atoms with Crippen LogP contribution in [0.4, 0.5) is 0 Å². The van der Waals surface area contributed by atoms with Crippen LogP contribution in [-0.4, -0.2) is 45.6 Å². The van der Waals surface area contributed by atoms with Gasteiger partial charge in [0.25, 0.3) is 0 Å². The van der Waals surface area contributed by atoms with Gasteiger partial charge in [0.05, 0.1) is 12.2 Å². The largest absolute Gasteiger partial charge is 0.311 e. The van der Waals surface area contributed by atoms with Crippen molar-refractivity contribution in [2.24, 2.45) is 0 Å². The summed E-state index contributed by atoms with van der Waals surface area (Å²) >= 11 is 0. The van der Waals surface area contributed by atoms with E-state index in [4.69, 9.17) is 0 Å². The van der Waals surface area contributed by atoms with Crippen LogP contribution in [0.15, 0.2) is 6.20 Å². The van der Waals surface area contributed by atoms with Crippen LogP contribution in [0.3, 0.4) is 0 Å². The normalized spacial score (nSPS) is 20.2. The second kappa shape index (κ2) is 7.60. The van der Waals surface area contributed by atoms with Gasteiger partial charge in [0, 0.05) is 25.3 Å². The van der Waals surface area contributed by atoms with Crippen LogP contribution in [0.1, 0.15) is 45.2 Å². The Hall–Kier alpha value is -0.940. The van der Waals surface area contributed by atoms with E-state index in [9.17, 15) is 0 Å². The quantitative estimate of drug-likeness (QED) is 0.726. The molecule has 1 atom stereocenters. The molecule has 19 heavy (non-hydrogen) atoms. The predicted octanol–water partition coefficient (Wildman–Crippen LogP) is 1.65. The fraction of sp³-hybridized carbons (Fsp3) is 0.857. The summed E-state index contributed by atoms with van der Waals surface area (Å²) in [6, 6.07) is 0.786. The summed E-state index contributed by atoms with van der Waals surface area (Å²) in [6.45, 7) is 9.63. The molecular formula is C14H27N5. The van der Waals surface area contributed by atoms with Crippen molar-refractivity contribution >= 4 is 0 Å². The van der Waals surface area contributed by atoms with Crippen LogP contribution < -0.4 is 5.32 Å². The third-order valence-corrected chi connectivity index (χ3v) is 3.91. The van der Waals surface area contributed by atoms with E-state index in [0.29, 0.717) is 0 Å². The van der Waals surface area contributed by atoms with Gasteiger partial charge < -0.3 is 5.32 Å². The predicted molar refractivity (Wildman–Crippen MR) is 76.9 cm³/mol. The summed E-state index contributed by atoms with van der Waals surface area (Å²) in [6.07, 6.45) is 7.20. The molecule has 0 spiro atoms. The summed E-state index contributed by atoms with van der Waals surface area (Å²) < 4.78 is 1.98. The molecule has 1 N–H and O–H groups in total. The first-order valence-electron chi connectivity index (χ1n) is 7.67. The number of nitrogens with one attached hydrogen (secondary N) is 1. The van der Waals surface area contributed by atoms with Crippen LogP contribution in [0, 0.1) is 0 Å². The van der Waals surface area contributed by atoms with E-state index in [1.807, 2.05) is 4.68 Å². The van der Waals surface area contributed by atoms with Gasteiger partial charge in [-0.25, -0.2) is 0 Å². The van der Waals surface area contributed by atoms with Crippen LogP contribution in [-0.2, 0) is 13.1 Å². The fourth-order valence-corrected chi connectivity index (χ4v) is 2.80. The first kappa shape index (κ1) is 14.5. The van der Waals surface area contributed by atoms with Crippen LogP contribution >= 0.6 is 0 Å². The average Bonchev–Trinajstić information content (AvgIpc) is 3.05. The van der Waals surface area contributed by atoms with E-state index in [1.54, 1.807) is 0 Å². The van der Waals surface area contributed by atoms with Crippen LogP contribution in [0.2, 0.25) is 0 Å². The molecular weight excluding hydrogens is 238 g/mol. The Labute approximate surface area is 116 Å². The minimum atomic E-state index is 0.786. The SMILES string of the molecule is CCCNCc1cn(CCN2CCCC2CC)nn1. The highest BCUT2D eigenvalue weighted by atomic mass is 15.4. The Morgan fingerprint density at radius 1 is 1.37 bits per heavy atom. The summed E-state index contributed by atoms with van der Waals surface area (Å²) in [5.74, 6) is 0. The zero-order chi connectivity index (χ0) is 13.5. The summed E-state index contributed by atoms with van der Waals surface area (Å²) in [5.41, 5.74) is 1.04. The smallest absolute Gasteiger partial charge is 0.0964 e. The van der Waals surface area contributed by atoms with Gasteiger partial charge >= 0.3 is 0 Å². The Balaban J connectivity index is 1.73. The number of hydrogen-bond acceptors (Lipinski definition) is 4. The maximum absolute atomic E-state index is 4.21. The van der Waals surface area contributed by atoms with E-state index in [2.05, 4.69) is 40.6 Å². The molecule has 5 nitrogen and oxygen atoms in total. The highest BCUT2D eigenvalue weighted by molar-refractivity contribution is 4.91. The fourth-order valence-electron chi connectivity index (χ4n) is 2.80. The Bertz CT molecular complexity index is 362. The number of aromatic nitrogens is 3. The highest BCUT2D eigenvalue weighted by Crippen LogP contribution is 2.19. The maximum Gasteiger partial charge on any atom is 0.0964 e. The molecule has 0 aliphatic carbocycles.